The summed E-state index contributed by atoms with van der Waals surface area (Å²) in [6.45, 7) is 8.07. The van der Waals surface area contributed by atoms with Crippen LogP contribution >= 0.6 is 11.3 Å². The van der Waals surface area contributed by atoms with Gasteiger partial charge in [-0.25, -0.2) is 4.98 Å². The van der Waals surface area contributed by atoms with Crippen molar-refractivity contribution in [3.8, 4) is 11.5 Å². The highest BCUT2D eigenvalue weighted by molar-refractivity contribution is 7.11. The summed E-state index contributed by atoms with van der Waals surface area (Å²) in [4.78, 5) is 10.1. The Hall–Kier alpha value is -2.28. The lowest BCUT2D eigenvalue weighted by Gasteiger charge is -2.27. The van der Waals surface area contributed by atoms with Crippen molar-refractivity contribution >= 4 is 17.3 Å². The van der Waals surface area contributed by atoms with Gasteiger partial charge >= 0.3 is 0 Å². The maximum Gasteiger partial charge on any atom is 0.191 e. The van der Waals surface area contributed by atoms with Gasteiger partial charge in [0.15, 0.2) is 17.5 Å². The average molecular weight is 405 g/mol. The largest absolute Gasteiger partial charge is 0.493 e. The molecule has 0 aliphatic carbocycles. The van der Waals surface area contributed by atoms with Gasteiger partial charge in [-0.15, -0.1) is 11.3 Å². The number of nitrogens with zero attached hydrogens (tertiary/aromatic N) is 2. The Bertz CT molecular complexity index is 786. The molecule has 0 amide bonds. The zero-order valence-corrected chi connectivity index (χ0v) is 18.6. The minimum atomic E-state index is -0.109. The van der Waals surface area contributed by atoms with E-state index in [4.69, 9.17) is 9.47 Å². The summed E-state index contributed by atoms with van der Waals surface area (Å²) in [5.41, 5.74) is 1.06. The Morgan fingerprint density at radius 1 is 1.18 bits per heavy atom. The minimum absolute atomic E-state index is 0.109. The van der Waals surface area contributed by atoms with Crippen molar-refractivity contribution in [1.29, 1.82) is 0 Å². The van der Waals surface area contributed by atoms with E-state index in [-0.39, 0.29) is 5.41 Å². The van der Waals surface area contributed by atoms with Crippen LogP contribution < -0.4 is 20.1 Å². The number of aromatic nitrogens is 1. The molecule has 28 heavy (non-hydrogen) atoms. The molecule has 2 aromatic rings. The molecule has 0 atom stereocenters. The van der Waals surface area contributed by atoms with Gasteiger partial charge in [-0.2, -0.15) is 0 Å². The van der Waals surface area contributed by atoms with Crippen molar-refractivity contribution in [3.05, 3.63) is 39.8 Å². The zero-order chi connectivity index (χ0) is 20.6. The molecule has 0 bridgehead atoms. The molecular weight excluding hydrogens is 372 g/mol. The Morgan fingerprint density at radius 3 is 2.54 bits per heavy atom. The molecule has 0 radical (unpaired) electrons. The smallest absolute Gasteiger partial charge is 0.191 e. The van der Waals surface area contributed by atoms with Gasteiger partial charge in [0.2, 0.25) is 0 Å². The van der Waals surface area contributed by atoms with Crippen LogP contribution in [0.4, 0.5) is 0 Å². The molecule has 6 nitrogen and oxygen atoms in total. The predicted molar refractivity (Wildman–Crippen MR) is 117 cm³/mol. The summed E-state index contributed by atoms with van der Waals surface area (Å²) < 4.78 is 10.8. The van der Waals surface area contributed by atoms with E-state index in [0.29, 0.717) is 0 Å². The maximum absolute atomic E-state index is 5.44. The quantitative estimate of drug-likeness (QED) is 0.495. The lowest BCUT2D eigenvalue weighted by atomic mass is 9.84. The van der Waals surface area contributed by atoms with E-state index in [1.165, 1.54) is 10.4 Å². The summed E-state index contributed by atoms with van der Waals surface area (Å²) in [7, 11) is 5.09. The first kappa shape index (κ1) is 22.0. The number of guanidine groups is 1. The number of ether oxygens (including phenoxy) is 2. The third-order valence-electron chi connectivity index (χ3n) is 4.67. The number of hydrogen-bond acceptors (Lipinski definition) is 5. The van der Waals surface area contributed by atoms with Crippen LogP contribution in [-0.4, -0.2) is 45.3 Å². The Labute approximate surface area is 172 Å². The molecule has 0 unspecified atom stereocenters. The van der Waals surface area contributed by atoms with Gasteiger partial charge in [0, 0.05) is 43.0 Å². The molecule has 0 aliphatic heterocycles. The van der Waals surface area contributed by atoms with Gasteiger partial charge in [-0.3, -0.25) is 4.99 Å². The van der Waals surface area contributed by atoms with Crippen LogP contribution in [0.1, 0.15) is 36.2 Å². The van der Waals surface area contributed by atoms with Crippen LogP contribution in [0.3, 0.4) is 0 Å². The molecule has 1 aromatic carbocycles. The summed E-state index contributed by atoms with van der Waals surface area (Å²) in [5.74, 6) is 2.27. The lowest BCUT2D eigenvalue weighted by molar-refractivity contribution is 0.353. The second-order valence-corrected chi connectivity index (χ2v) is 8.33. The summed E-state index contributed by atoms with van der Waals surface area (Å²) >= 11 is 1.78. The summed E-state index contributed by atoms with van der Waals surface area (Å²) in [6, 6.07) is 6.05. The van der Waals surface area contributed by atoms with Gasteiger partial charge in [0.1, 0.15) is 0 Å². The molecule has 1 aromatic heterocycles. The molecule has 0 saturated carbocycles. The van der Waals surface area contributed by atoms with E-state index in [9.17, 15) is 0 Å². The first-order chi connectivity index (χ1) is 13.4. The molecule has 0 spiro atoms. The number of aryl methyl sites for hydroxylation is 1. The van der Waals surface area contributed by atoms with Crippen LogP contribution in [0.15, 0.2) is 29.4 Å². The van der Waals surface area contributed by atoms with Crippen LogP contribution in [-0.2, 0) is 18.3 Å². The summed E-state index contributed by atoms with van der Waals surface area (Å²) in [5, 5.41) is 7.96. The van der Waals surface area contributed by atoms with Gasteiger partial charge in [-0.05, 0) is 24.1 Å². The monoisotopic (exact) mass is 404 g/mol. The predicted octanol–water partition coefficient (Wildman–Crippen LogP) is 3.41. The third kappa shape index (κ3) is 5.86. The van der Waals surface area contributed by atoms with Crippen molar-refractivity contribution in [2.24, 2.45) is 4.99 Å². The SMILES string of the molecule is CCc1cnc(CCNC(=NC)NCC(C)(C)c2ccc(OC)c(OC)c2)s1. The number of aliphatic imine (C=N–C) groups is 1. The Balaban J connectivity index is 1.90. The average Bonchev–Trinajstić information content (AvgIpc) is 3.17. The molecule has 2 N–H and O–H groups in total. The fourth-order valence-electron chi connectivity index (χ4n) is 2.80. The van der Waals surface area contributed by atoms with E-state index < -0.39 is 0 Å². The van der Waals surface area contributed by atoms with E-state index in [1.807, 2.05) is 18.3 Å². The standard InChI is InChI=1S/C21H32N4O2S/c1-7-16-13-24-19(28-16)10-11-23-20(22-4)25-14-21(2,3)15-8-9-17(26-5)18(12-15)27-6/h8-9,12-13H,7,10-11,14H2,1-6H3,(H2,22,23,25). The number of hydrogen-bond donors (Lipinski definition) is 2. The first-order valence-corrected chi connectivity index (χ1v) is 10.4. The number of thiazole rings is 1. The molecule has 154 valence electrons. The number of rotatable bonds is 9. The van der Waals surface area contributed by atoms with Gasteiger partial charge in [-0.1, -0.05) is 26.8 Å². The van der Waals surface area contributed by atoms with Crippen LogP contribution in [0.2, 0.25) is 0 Å². The fraction of sp³-hybridized carbons (Fsp3) is 0.524. The fourth-order valence-corrected chi connectivity index (χ4v) is 3.66. The van der Waals surface area contributed by atoms with Crippen molar-refractivity contribution < 1.29 is 9.47 Å². The number of methoxy groups -OCH3 is 2. The topological polar surface area (TPSA) is 67.8 Å². The second-order valence-electron chi connectivity index (χ2n) is 7.13. The van der Waals surface area contributed by atoms with E-state index in [1.54, 1.807) is 32.6 Å². The highest BCUT2D eigenvalue weighted by atomic mass is 32.1. The molecule has 0 saturated heterocycles. The molecular formula is C21H32N4O2S. The highest BCUT2D eigenvalue weighted by Crippen LogP contribution is 2.32. The lowest BCUT2D eigenvalue weighted by Crippen LogP contribution is -2.44. The van der Waals surface area contributed by atoms with Gasteiger partial charge < -0.3 is 20.1 Å². The van der Waals surface area contributed by atoms with E-state index in [0.717, 1.165) is 48.4 Å². The molecule has 2 rings (SSSR count). The molecule has 0 aliphatic rings. The molecule has 0 fully saturated rings. The first-order valence-electron chi connectivity index (χ1n) is 9.54. The highest BCUT2D eigenvalue weighted by Gasteiger charge is 2.22. The van der Waals surface area contributed by atoms with Gasteiger partial charge in [0.05, 0.1) is 19.2 Å². The normalized spacial score (nSPS) is 12.0. The van der Waals surface area contributed by atoms with Gasteiger partial charge in [0.25, 0.3) is 0 Å². The van der Waals surface area contributed by atoms with Crippen LogP contribution in [0.25, 0.3) is 0 Å². The molecule has 7 heteroatoms. The minimum Gasteiger partial charge on any atom is -0.493 e. The van der Waals surface area contributed by atoms with Crippen molar-refractivity contribution in [1.82, 2.24) is 15.6 Å². The maximum atomic E-state index is 5.44. The molecule has 1 heterocycles. The zero-order valence-electron chi connectivity index (χ0n) is 17.8. The van der Waals surface area contributed by atoms with Crippen molar-refractivity contribution in [2.45, 2.75) is 39.0 Å². The van der Waals surface area contributed by atoms with Crippen molar-refractivity contribution in [2.75, 3.05) is 34.4 Å². The second kappa shape index (κ2) is 10.3. The third-order valence-corrected chi connectivity index (χ3v) is 5.87. The Kier molecular flexibility index (Phi) is 8.11. The number of benzene rings is 1. The Morgan fingerprint density at radius 2 is 1.93 bits per heavy atom. The van der Waals surface area contributed by atoms with E-state index in [2.05, 4.69) is 47.4 Å². The number of nitrogens with one attached hydrogen (secondary N) is 2. The summed E-state index contributed by atoms with van der Waals surface area (Å²) in [6.07, 6.45) is 3.91. The van der Waals surface area contributed by atoms with E-state index >= 15 is 0 Å². The van der Waals surface area contributed by atoms with Crippen LogP contribution in [0, 0.1) is 0 Å². The van der Waals surface area contributed by atoms with Crippen molar-refractivity contribution in [3.63, 3.8) is 0 Å². The van der Waals surface area contributed by atoms with Crippen LogP contribution in [0.5, 0.6) is 11.5 Å².